The Labute approximate surface area is 181 Å². The number of benzene rings is 2. The average Bonchev–Trinajstić information content (AvgIpc) is 3.16. The van der Waals surface area contributed by atoms with E-state index in [9.17, 15) is 4.79 Å². The Morgan fingerprint density at radius 3 is 2.53 bits per heavy atom. The summed E-state index contributed by atoms with van der Waals surface area (Å²) in [5.74, 6) is 1.56. The fourth-order valence-corrected chi connectivity index (χ4v) is 4.05. The molecule has 0 unspecified atom stereocenters. The maximum Gasteiger partial charge on any atom is 0.235 e. The Balaban J connectivity index is 1.75. The van der Waals surface area contributed by atoms with Crippen molar-refractivity contribution in [3.8, 4) is 17.1 Å². The molecule has 7 heteroatoms. The van der Waals surface area contributed by atoms with Crippen molar-refractivity contribution in [1.82, 2.24) is 19.7 Å². The lowest BCUT2D eigenvalue weighted by Gasteiger charge is -2.21. The highest BCUT2D eigenvalue weighted by Gasteiger charge is 2.23. The number of carbonyl (C=O) groups excluding carboxylic acids is 1. The summed E-state index contributed by atoms with van der Waals surface area (Å²) in [6.07, 6.45) is 1.80. The first-order valence-electron chi connectivity index (χ1n) is 9.67. The van der Waals surface area contributed by atoms with Gasteiger partial charge in [0.05, 0.1) is 12.4 Å². The molecule has 1 amide bonds. The van der Waals surface area contributed by atoms with Gasteiger partial charge < -0.3 is 9.64 Å². The van der Waals surface area contributed by atoms with Crippen molar-refractivity contribution in [2.75, 3.05) is 14.2 Å². The van der Waals surface area contributed by atoms with Gasteiger partial charge in [0.25, 0.3) is 0 Å². The minimum absolute atomic E-state index is 0.0444. The van der Waals surface area contributed by atoms with Crippen molar-refractivity contribution in [3.05, 3.63) is 72.8 Å². The number of hydrogen-bond donors (Lipinski definition) is 0. The van der Waals surface area contributed by atoms with Crippen LogP contribution in [0.1, 0.15) is 12.5 Å². The standard InChI is InChI=1S/C23H26N4O2S/c1-5-15-27-21(19-11-13-20(29-4)14-12-19)24-25-23(27)30-17(2)22(28)26(3)16-18-9-7-6-8-10-18/h5-14,17H,1,15-16H2,2-4H3/t17-/m0/s1. The summed E-state index contributed by atoms with van der Waals surface area (Å²) in [6, 6.07) is 17.6. The molecule has 0 spiro atoms. The van der Waals surface area contributed by atoms with Crippen molar-refractivity contribution < 1.29 is 9.53 Å². The average molecular weight is 423 g/mol. The summed E-state index contributed by atoms with van der Waals surface area (Å²) >= 11 is 1.41. The van der Waals surface area contributed by atoms with E-state index in [2.05, 4.69) is 16.8 Å². The molecule has 0 saturated heterocycles. The second kappa shape index (κ2) is 10.1. The van der Waals surface area contributed by atoms with E-state index in [1.165, 1.54) is 11.8 Å². The Bertz CT molecular complexity index is 986. The van der Waals surface area contributed by atoms with Gasteiger partial charge in [0.15, 0.2) is 11.0 Å². The number of carbonyl (C=O) groups is 1. The van der Waals surface area contributed by atoms with E-state index < -0.39 is 0 Å². The van der Waals surface area contributed by atoms with Gasteiger partial charge in [0, 0.05) is 25.7 Å². The maximum atomic E-state index is 12.9. The molecule has 0 radical (unpaired) electrons. The van der Waals surface area contributed by atoms with Gasteiger partial charge in [-0.15, -0.1) is 16.8 Å². The molecule has 30 heavy (non-hydrogen) atoms. The van der Waals surface area contributed by atoms with Crippen molar-refractivity contribution in [2.24, 2.45) is 0 Å². The van der Waals surface area contributed by atoms with Gasteiger partial charge >= 0.3 is 0 Å². The SMILES string of the molecule is C=CCn1c(S[C@@H](C)C(=O)N(C)Cc2ccccc2)nnc1-c1ccc(OC)cc1. The summed E-state index contributed by atoms with van der Waals surface area (Å²) in [5, 5.41) is 9.10. The zero-order chi connectivity index (χ0) is 21.5. The molecule has 0 N–H and O–H groups in total. The van der Waals surface area contributed by atoms with Crippen molar-refractivity contribution in [2.45, 2.75) is 30.4 Å². The lowest BCUT2D eigenvalue weighted by Crippen LogP contribution is -2.33. The zero-order valence-electron chi connectivity index (χ0n) is 17.5. The number of amides is 1. The number of aromatic nitrogens is 3. The second-order valence-electron chi connectivity index (χ2n) is 6.87. The molecule has 3 aromatic rings. The van der Waals surface area contributed by atoms with Gasteiger partial charge in [0.1, 0.15) is 5.75 Å². The highest BCUT2D eigenvalue weighted by molar-refractivity contribution is 8.00. The number of rotatable bonds is 9. The highest BCUT2D eigenvalue weighted by Crippen LogP contribution is 2.28. The molecule has 0 fully saturated rings. The van der Waals surface area contributed by atoms with Gasteiger partial charge in [-0.05, 0) is 36.8 Å². The van der Waals surface area contributed by atoms with E-state index >= 15 is 0 Å². The van der Waals surface area contributed by atoms with Crippen LogP contribution in [0.2, 0.25) is 0 Å². The summed E-state index contributed by atoms with van der Waals surface area (Å²) in [5.41, 5.74) is 2.03. The summed E-state index contributed by atoms with van der Waals surface area (Å²) < 4.78 is 7.20. The van der Waals surface area contributed by atoms with E-state index in [1.54, 1.807) is 18.1 Å². The van der Waals surface area contributed by atoms with Gasteiger partial charge in [0.2, 0.25) is 5.91 Å². The van der Waals surface area contributed by atoms with Crippen LogP contribution in [0, 0.1) is 0 Å². The molecular formula is C23H26N4O2S. The molecule has 156 valence electrons. The van der Waals surface area contributed by atoms with Gasteiger partial charge in [-0.25, -0.2) is 0 Å². The van der Waals surface area contributed by atoms with Crippen LogP contribution in [0.4, 0.5) is 0 Å². The topological polar surface area (TPSA) is 60.2 Å². The van der Waals surface area contributed by atoms with Crippen LogP contribution in [0.25, 0.3) is 11.4 Å². The predicted octanol–water partition coefficient (Wildman–Crippen LogP) is 4.28. The monoisotopic (exact) mass is 422 g/mol. The molecule has 0 saturated carbocycles. The molecule has 0 bridgehead atoms. The molecular weight excluding hydrogens is 396 g/mol. The maximum absolute atomic E-state index is 12.9. The lowest BCUT2D eigenvalue weighted by molar-refractivity contribution is -0.129. The lowest BCUT2D eigenvalue weighted by atomic mass is 10.2. The molecule has 0 aliphatic heterocycles. The van der Waals surface area contributed by atoms with E-state index in [4.69, 9.17) is 4.74 Å². The fraction of sp³-hybridized carbons (Fsp3) is 0.261. The van der Waals surface area contributed by atoms with Gasteiger partial charge in [-0.1, -0.05) is 48.2 Å². The van der Waals surface area contributed by atoms with Gasteiger partial charge in [-0.2, -0.15) is 0 Å². The summed E-state index contributed by atoms with van der Waals surface area (Å²) in [6.45, 7) is 6.87. The molecule has 0 aliphatic rings. The van der Waals surface area contributed by atoms with E-state index in [-0.39, 0.29) is 11.2 Å². The van der Waals surface area contributed by atoms with Crippen molar-refractivity contribution >= 4 is 17.7 Å². The number of nitrogens with zero attached hydrogens (tertiary/aromatic N) is 4. The van der Waals surface area contributed by atoms with Crippen LogP contribution >= 0.6 is 11.8 Å². The number of thioether (sulfide) groups is 1. The summed E-state index contributed by atoms with van der Waals surface area (Å²) in [4.78, 5) is 14.6. The van der Waals surface area contributed by atoms with E-state index in [0.717, 1.165) is 22.7 Å². The van der Waals surface area contributed by atoms with E-state index in [1.807, 2.05) is 73.1 Å². The third kappa shape index (κ3) is 5.10. The van der Waals surface area contributed by atoms with Crippen LogP contribution in [0.5, 0.6) is 5.75 Å². The first-order valence-corrected chi connectivity index (χ1v) is 10.6. The molecule has 6 nitrogen and oxygen atoms in total. The van der Waals surface area contributed by atoms with E-state index in [0.29, 0.717) is 18.2 Å². The number of ether oxygens (including phenoxy) is 1. The minimum atomic E-state index is -0.296. The molecule has 1 aromatic heterocycles. The molecule has 2 aromatic carbocycles. The molecule has 1 heterocycles. The largest absolute Gasteiger partial charge is 0.497 e. The predicted molar refractivity (Wildman–Crippen MR) is 120 cm³/mol. The van der Waals surface area contributed by atoms with Crippen LogP contribution < -0.4 is 4.74 Å². The fourth-order valence-electron chi connectivity index (χ4n) is 3.08. The zero-order valence-corrected chi connectivity index (χ0v) is 18.3. The third-order valence-electron chi connectivity index (χ3n) is 4.65. The van der Waals surface area contributed by atoms with Crippen LogP contribution in [0.3, 0.4) is 0 Å². The van der Waals surface area contributed by atoms with Crippen LogP contribution in [0.15, 0.2) is 72.4 Å². The van der Waals surface area contributed by atoms with Crippen molar-refractivity contribution in [3.63, 3.8) is 0 Å². The Kier molecular flexibility index (Phi) is 7.30. The molecule has 1 atom stereocenters. The summed E-state index contributed by atoms with van der Waals surface area (Å²) in [7, 11) is 3.46. The molecule has 3 rings (SSSR count). The third-order valence-corrected chi connectivity index (χ3v) is 5.71. The number of methoxy groups -OCH3 is 1. The van der Waals surface area contributed by atoms with Crippen LogP contribution in [-0.2, 0) is 17.9 Å². The first-order chi connectivity index (χ1) is 14.5. The smallest absolute Gasteiger partial charge is 0.235 e. The first kappa shape index (κ1) is 21.6. The normalized spacial score (nSPS) is 11.7. The Morgan fingerprint density at radius 2 is 1.90 bits per heavy atom. The molecule has 0 aliphatic carbocycles. The van der Waals surface area contributed by atoms with Gasteiger partial charge in [-0.3, -0.25) is 9.36 Å². The Morgan fingerprint density at radius 1 is 1.20 bits per heavy atom. The second-order valence-corrected chi connectivity index (χ2v) is 8.18. The number of allylic oxidation sites excluding steroid dienone is 1. The quantitative estimate of drug-likeness (QED) is 0.381. The van der Waals surface area contributed by atoms with Crippen molar-refractivity contribution in [1.29, 1.82) is 0 Å². The minimum Gasteiger partial charge on any atom is -0.497 e. The number of hydrogen-bond acceptors (Lipinski definition) is 5. The van der Waals surface area contributed by atoms with Crippen LogP contribution in [-0.4, -0.2) is 45.0 Å². The Hall–Kier alpha value is -3.06. The highest BCUT2D eigenvalue weighted by atomic mass is 32.2.